The summed E-state index contributed by atoms with van der Waals surface area (Å²) in [6.07, 6.45) is 4.21. The molecule has 22 heavy (non-hydrogen) atoms. The van der Waals surface area contributed by atoms with E-state index >= 15 is 0 Å². The molecule has 120 valence electrons. The summed E-state index contributed by atoms with van der Waals surface area (Å²) in [6, 6.07) is 4.45. The van der Waals surface area contributed by atoms with E-state index < -0.39 is 5.97 Å². The Morgan fingerprint density at radius 3 is 2.73 bits per heavy atom. The molecule has 0 unspecified atom stereocenters. The number of hydrogen-bond donors (Lipinski definition) is 1. The monoisotopic (exact) mass is 323 g/mol. The van der Waals surface area contributed by atoms with Gasteiger partial charge in [-0.15, -0.1) is 0 Å². The van der Waals surface area contributed by atoms with Gasteiger partial charge in [-0.05, 0) is 49.0 Å². The standard InChI is InChI=1S/C16H21NO4S/c1-21-14-7-12(6-13(8-14)16(19)20)15(18)17-5-3-4-11(9-17)10-22-2/h6-8,11H,3-5,9-10H2,1-2H3,(H,19,20)/t11-/m1/s1. The van der Waals surface area contributed by atoms with Crippen LogP contribution in [0.1, 0.15) is 33.6 Å². The SMILES string of the molecule is COc1cc(C(=O)O)cc(C(=O)N2CCC[C@@H](CSC)C2)c1. The molecule has 0 aliphatic carbocycles. The van der Waals surface area contributed by atoms with Crippen LogP contribution in [0.15, 0.2) is 18.2 Å². The Hall–Kier alpha value is -1.69. The Morgan fingerprint density at radius 2 is 2.09 bits per heavy atom. The lowest BCUT2D eigenvalue weighted by Crippen LogP contribution is -2.40. The molecular weight excluding hydrogens is 302 g/mol. The van der Waals surface area contributed by atoms with E-state index in [1.54, 1.807) is 17.8 Å². The number of aromatic carboxylic acids is 1. The first-order valence-electron chi connectivity index (χ1n) is 7.25. The number of methoxy groups -OCH3 is 1. The van der Waals surface area contributed by atoms with Gasteiger partial charge in [0.2, 0.25) is 0 Å². The minimum Gasteiger partial charge on any atom is -0.497 e. The number of amides is 1. The van der Waals surface area contributed by atoms with E-state index in [0.717, 1.165) is 31.7 Å². The molecule has 1 atom stereocenters. The molecule has 1 amide bonds. The predicted octanol–water partition coefficient (Wildman–Crippen LogP) is 2.61. The Bertz CT molecular complexity index is 559. The Morgan fingerprint density at radius 1 is 1.36 bits per heavy atom. The number of carboxylic acids is 1. The molecule has 0 spiro atoms. The van der Waals surface area contributed by atoms with Crippen molar-refractivity contribution in [2.24, 2.45) is 5.92 Å². The highest BCUT2D eigenvalue weighted by atomic mass is 32.2. The zero-order valence-corrected chi connectivity index (χ0v) is 13.7. The van der Waals surface area contributed by atoms with Crippen molar-refractivity contribution in [2.75, 3.05) is 32.2 Å². The van der Waals surface area contributed by atoms with Crippen LogP contribution in [0.25, 0.3) is 0 Å². The molecule has 1 aliphatic rings. The van der Waals surface area contributed by atoms with Crippen LogP contribution < -0.4 is 4.74 Å². The Balaban J connectivity index is 2.21. The number of nitrogens with zero attached hydrogens (tertiary/aromatic N) is 1. The molecule has 1 aromatic carbocycles. The Kier molecular flexibility index (Phi) is 5.71. The quantitative estimate of drug-likeness (QED) is 0.902. The summed E-state index contributed by atoms with van der Waals surface area (Å²) in [4.78, 5) is 25.7. The van der Waals surface area contributed by atoms with Crippen LogP contribution in [0.4, 0.5) is 0 Å². The lowest BCUT2D eigenvalue weighted by Gasteiger charge is -2.32. The lowest BCUT2D eigenvalue weighted by atomic mass is 9.99. The number of carbonyl (C=O) groups excluding carboxylic acids is 1. The first-order valence-corrected chi connectivity index (χ1v) is 8.65. The third-order valence-electron chi connectivity index (χ3n) is 3.84. The number of carboxylic acid groups (broad SMARTS) is 1. The van der Waals surface area contributed by atoms with E-state index in [1.165, 1.54) is 19.2 Å². The summed E-state index contributed by atoms with van der Waals surface area (Å²) in [5.74, 6) is 0.764. The van der Waals surface area contributed by atoms with Gasteiger partial charge in [0.25, 0.3) is 5.91 Å². The number of thioether (sulfide) groups is 1. The molecule has 1 N–H and O–H groups in total. The second kappa shape index (κ2) is 7.54. The maximum absolute atomic E-state index is 12.7. The largest absolute Gasteiger partial charge is 0.497 e. The Labute approximate surface area is 134 Å². The highest BCUT2D eigenvalue weighted by molar-refractivity contribution is 7.98. The van der Waals surface area contributed by atoms with E-state index in [9.17, 15) is 9.59 Å². The van der Waals surface area contributed by atoms with Gasteiger partial charge in [0, 0.05) is 18.7 Å². The summed E-state index contributed by atoms with van der Waals surface area (Å²) in [5.41, 5.74) is 0.446. The van der Waals surface area contributed by atoms with Crippen molar-refractivity contribution >= 4 is 23.6 Å². The number of benzene rings is 1. The fourth-order valence-corrected chi connectivity index (χ4v) is 3.51. The van der Waals surface area contributed by atoms with Crippen LogP contribution >= 0.6 is 11.8 Å². The second-order valence-corrected chi connectivity index (χ2v) is 6.38. The van der Waals surface area contributed by atoms with Gasteiger partial charge in [-0.25, -0.2) is 4.79 Å². The average Bonchev–Trinajstić information content (AvgIpc) is 2.54. The minimum absolute atomic E-state index is 0.0698. The zero-order chi connectivity index (χ0) is 16.1. The van der Waals surface area contributed by atoms with Crippen molar-refractivity contribution in [2.45, 2.75) is 12.8 Å². The van der Waals surface area contributed by atoms with E-state index in [0.29, 0.717) is 17.2 Å². The van der Waals surface area contributed by atoms with Crippen molar-refractivity contribution in [3.05, 3.63) is 29.3 Å². The van der Waals surface area contributed by atoms with Gasteiger partial charge in [-0.2, -0.15) is 11.8 Å². The number of piperidine rings is 1. The molecule has 1 aromatic rings. The molecule has 1 aliphatic heterocycles. The van der Waals surface area contributed by atoms with Gasteiger partial charge in [-0.1, -0.05) is 0 Å². The predicted molar refractivity (Wildman–Crippen MR) is 87.0 cm³/mol. The first-order chi connectivity index (χ1) is 10.5. The topological polar surface area (TPSA) is 66.8 Å². The van der Waals surface area contributed by atoms with Crippen LogP contribution in [-0.4, -0.2) is 54.1 Å². The van der Waals surface area contributed by atoms with Crippen LogP contribution in [0.5, 0.6) is 5.75 Å². The van der Waals surface area contributed by atoms with Crippen molar-refractivity contribution < 1.29 is 19.4 Å². The maximum Gasteiger partial charge on any atom is 0.335 e. The van der Waals surface area contributed by atoms with Crippen LogP contribution in [-0.2, 0) is 0 Å². The number of rotatable bonds is 5. The minimum atomic E-state index is -1.06. The summed E-state index contributed by atoms with van der Waals surface area (Å²) < 4.78 is 5.11. The molecule has 2 rings (SSSR count). The molecular formula is C16H21NO4S. The summed E-state index contributed by atoms with van der Waals surface area (Å²) in [6.45, 7) is 1.46. The van der Waals surface area contributed by atoms with Gasteiger partial charge in [0.05, 0.1) is 12.7 Å². The van der Waals surface area contributed by atoms with Crippen molar-refractivity contribution in [1.29, 1.82) is 0 Å². The molecule has 1 saturated heterocycles. The van der Waals surface area contributed by atoms with Crippen LogP contribution in [0, 0.1) is 5.92 Å². The van der Waals surface area contributed by atoms with Crippen molar-refractivity contribution in [1.82, 2.24) is 4.90 Å². The number of ether oxygens (including phenoxy) is 1. The third-order valence-corrected chi connectivity index (χ3v) is 4.65. The molecule has 1 heterocycles. The highest BCUT2D eigenvalue weighted by Gasteiger charge is 2.25. The van der Waals surface area contributed by atoms with Gasteiger partial charge >= 0.3 is 5.97 Å². The van der Waals surface area contributed by atoms with Gasteiger partial charge < -0.3 is 14.7 Å². The molecule has 1 fully saturated rings. The normalized spacial score (nSPS) is 18.1. The fraction of sp³-hybridized carbons (Fsp3) is 0.500. The molecule has 0 bridgehead atoms. The van der Waals surface area contributed by atoms with Gasteiger partial charge in [0.1, 0.15) is 5.75 Å². The van der Waals surface area contributed by atoms with Crippen molar-refractivity contribution in [3.8, 4) is 5.75 Å². The van der Waals surface area contributed by atoms with Gasteiger partial charge in [-0.3, -0.25) is 4.79 Å². The number of likely N-dealkylation sites (tertiary alicyclic amines) is 1. The molecule has 5 nitrogen and oxygen atoms in total. The highest BCUT2D eigenvalue weighted by Crippen LogP contribution is 2.23. The lowest BCUT2D eigenvalue weighted by molar-refractivity contribution is 0.0685. The van der Waals surface area contributed by atoms with Crippen LogP contribution in [0.3, 0.4) is 0 Å². The molecule has 0 radical (unpaired) electrons. The second-order valence-electron chi connectivity index (χ2n) is 5.47. The maximum atomic E-state index is 12.7. The molecule has 0 saturated carbocycles. The first kappa shape index (κ1) is 16.7. The average molecular weight is 323 g/mol. The summed E-state index contributed by atoms with van der Waals surface area (Å²) >= 11 is 1.79. The van der Waals surface area contributed by atoms with E-state index in [1.807, 2.05) is 4.90 Å². The zero-order valence-electron chi connectivity index (χ0n) is 12.9. The van der Waals surface area contributed by atoms with Crippen molar-refractivity contribution in [3.63, 3.8) is 0 Å². The molecule has 0 aromatic heterocycles. The fourth-order valence-electron chi connectivity index (χ4n) is 2.77. The van der Waals surface area contributed by atoms with Gasteiger partial charge in [0.15, 0.2) is 0 Å². The summed E-state index contributed by atoms with van der Waals surface area (Å²) in [5, 5.41) is 9.15. The van der Waals surface area contributed by atoms with E-state index in [4.69, 9.17) is 9.84 Å². The number of carbonyl (C=O) groups is 2. The smallest absolute Gasteiger partial charge is 0.335 e. The van der Waals surface area contributed by atoms with Crippen LogP contribution in [0.2, 0.25) is 0 Å². The molecule has 6 heteroatoms. The number of hydrogen-bond acceptors (Lipinski definition) is 4. The van der Waals surface area contributed by atoms with E-state index in [-0.39, 0.29) is 11.5 Å². The summed E-state index contributed by atoms with van der Waals surface area (Å²) in [7, 11) is 1.46. The third kappa shape index (κ3) is 3.94. The van der Waals surface area contributed by atoms with E-state index in [2.05, 4.69) is 6.26 Å².